The fourth-order valence-corrected chi connectivity index (χ4v) is 15.9. The number of carbonyl (C=O) groups is 1. The summed E-state index contributed by atoms with van der Waals surface area (Å²) in [6, 6.07) is 32.3. The molecule has 1 heterocycles. The number of carbonyl (C=O) groups excluding carboxylic acids is 1. The zero-order valence-corrected chi connectivity index (χ0v) is 94.2. The van der Waals surface area contributed by atoms with Gasteiger partial charge in [-0.05, 0) is 309 Å². The Labute approximate surface area is 856 Å². The van der Waals surface area contributed by atoms with E-state index in [1.807, 2.05) is 107 Å². The molecule has 4 aliphatic carbocycles. The first-order chi connectivity index (χ1) is 63.9. The van der Waals surface area contributed by atoms with Crippen LogP contribution in [-0.4, -0.2) is 170 Å². The Hall–Kier alpha value is -6.47. The molecular formula is C100H148B2Br5F3INO21S. The molecule has 7 aromatic carbocycles. The minimum Gasteiger partial charge on any atom is -0.508 e. The Morgan fingerprint density at radius 3 is 1.26 bits per heavy atom. The molecule has 0 unspecified atom stereocenters. The van der Waals surface area contributed by atoms with E-state index in [0.717, 1.165) is 130 Å². The van der Waals surface area contributed by atoms with Crippen LogP contribution in [0.2, 0.25) is 0 Å². The largest absolute Gasteiger partial charge is 0.508 e. The van der Waals surface area contributed by atoms with Gasteiger partial charge in [0.25, 0.3) is 0 Å². The van der Waals surface area contributed by atoms with E-state index in [1.54, 1.807) is 98.3 Å². The molecule has 0 radical (unpaired) electrons. The van der Waals surface area contributed by atoms with Gasteiger partial charge in [0.2, 0.25) is 0 Å². The number of phenolic OH excluding ortho intramolecular Hbond substituents is 2. The molecule has 7 aromatic rings. The summed E-state index contributed by atoms with van der Waals surface area (Å²) in [6.45, 7) is 24.3. The number of halogens is 9. The van der Waals surface area contributed by atoms with Crippen molar-refractivity contribution in [1.29, 1.82) is 0 Å². The van der Waals surface area contributed by atoms with E-state index >= 15 is 0 Å². The number of allylic oxidation sites excluding steroid dienone is 4. The van der Waals surface area contributed by atoms with Gasteiger partial charge in [0, 0.05) is 75.7 Å². The molecule has 1 saturated heterocycles. The molecule has 0 aromatic heterocycles. The van der Waals surface area contributed by atoms with Crippen LogP contribution in [-0.2, 0) is 29.1 Å². The van der Waals surface area contributed by atoms with Crippen LogP contribution in [0.4, 0.5) is 12.7 Å². The van der Waals surface area contributed by atoms with Crippen molar-refractivity contribution in [3.63, 3.8) is 0 Å². The lowest BCUT2D eigenvalue weighted by atomic mass is 9.73. The fraction of sp³-hybridized carbons (Fsp3) is 0.530. The molecule has 0 atom stereocenters. The van der Waals surface area contributed by atoms with Crippen molar-refractivity contribution in [2.45, 2.75) is 240 Å². The molecule has 12 rings (SSSR count). The molecule has 754 valence electrons. The van der Waals surface area contributed by atoms with Gasteiger partial charge in [-0.25, -0.2) is 4.79 Å². The monoisotopic (exact) mass is 2330 g/mol. The van der Waals surface area contributed by atoms with Crippen LogP contribution in [0.3, 0.4) is 0 Å². The number of aliphatic hydroxyl groups excluding tert-OH is 1. The number of rotatable bonds is 21. The highest BCUT2D eigenvalue weighted by atomic mass is 127. The number of hydrogen-bond donors (Lipinski definition) is 4. The summed E-state index contributed by atoms with van der Waals surface area (Å²) in [6.07, 6.45) is 29.9. The van der Waals surface area contributed by atoms with Crippen molar-refractivity contribution in [3.05, 3.63) is 178 Å². The SMILES string of the molecule is BrB(Br)Br.CC1(C)OB(C2=CCCCC2)OC1(C)C.CCCCNC.CO.COC(=O)C(F)(F)S(=O)(=O)F.COc1cc(Br)cc(OC)c1.COc1cc(C)c(Br)c(OC)c1.COc1cc(C)c(C2=CCCCC2)c(OC)c1.COc1cc(C)c(C2CCCCC2)c(OC)c1.COc1cc(C)cc(OC)c1.COc1cc(I)cc(OC)c1.Cc1cc(O)cc(O)c1C1CCCCC1.[2H]CC. The van der Waals surface area contributed by atoms with Crippen LogP contribution in [0.1, 0.15) is 235 Å². The maximum atomic E-state index is 11.9. The number of unbranched alkanes of at least 4 members (excludes halogenated alkanes) is 1. The van der Waals surface area contributed by atoms with E-state index in [-0.39, 0.29) is 33.0 Å². The van der Waals surface area contributed by atoms with Gasteiger partial charge in [0.05, 0.1) is 108 Å². The second kappa shape index (κ2) is 69.4. The highest BCUT2D eigenvalue weighted by Crippen LogP contribution is 2.45. The summed E-state index contributed by atoms with van der Waals surface area (Å²) in [5.41, 5.74) is 11.9. The average Bonchev–Trinajstić information content (AvgIpc) is 1.63. The molecule has 0 amide bonds. The number of aliphatic hydroxyl groups is 1. The normalized spacial score (nSPS) is 14.4. The predicted octanol–water partition coefficient (Wildman–Crippen LogP) is 28.0. The first-order valence-corrected chi connectivity index (χ1v) is 51.0. The van der Waals surface area contributed by atoms with Crippen LogP contribution >= 0.6 is 102 Å². The van der Waals surface area contributed by atoms with Gasteiger partial charge in [-0.1, -0.05) is 97.7 Å². The van der Waals surface area contributed by atoms with E-state index in [0.29, 0.717) is 25.8 Å². The Morgan fingerprint density at radius 1 is 0.530 bits per heavy atom. The van der Waals surface area contributed by atoms with E-state index in [1.165, 1.54) is 155 Å². The van der Waals surface area contributed by atoms with Crippen molar-refractivity contribution in [2.24, 2.45) is 0 Å². The van der Waals surface area contributed by atoms with Gasteiger partial charge in [-0.2, -0.15) is 17.2 Å². The van der Waals surface area contributed by atoms with Crippen LogP contribution in [0.25, 0.3) is 5.57 Å². The van der Waals surface area contributed by atoms with Gasteiger partial charge in [-0.3, -0.25) is 0 Å². The molecule has 1 aliphatic heterocycles. The quantitative estimate of drug-likeness (QED) is 0.0171. The lowest BCUT2D eigenvalue weighted by Crippen LogP contribution is -2.41. The summed E-state index contributed by atoms with van der Waals surface area (Å²) in [5.74, 6) is 9.31. The summed E-state index contributed by atoms with van der Waals surface area (Å²) >= 11 is 18.3. The Kier molecular flexibility index (Phi) is 65.0. The summed E-state index contributed by atoms with van der Waals surface area (Å²) in [7, 11) is 17.2. The molecule has 0 spiro atoms. The highest BCUT2D eigenvalue weighted by Gasteiger charge is 2.55. The number of benzene rings is 7. The number of phenols is 2. The minimum atomic E-state index is -6.22. The van der Waals surface area contributed by atoms with Crippen LogP contribution in [0, 0.1) is 38.2 Å². The Bertz CT molecular complexity index is 4490. The number of alkyl halides is 2. The number of hydrogen-bond acceptors (Lipinski definition) is 22. The van der Waals surface area contributed by atoms with Crippen molar-refractivity contribution in [3.8, 4) is 80.5 Å². The molecular weight excluding hydrogens is 2190 g/mol. The van der Waals surface area contributed by atoms with E-state index < -0.39 is 21.4 Å². The number of methoxy groups -OCH3 is 13. The average molecular weight is 2340 g/mol. The Morgan fingerprint density at radius 2 is 0.903 bits per heavy atom. The van der Waals surface area contributed by atoms with Gasteiger partial charge >= 0.3 is 31.8 Å². The molecule has 4 N–H and O–H groups in total. The smallest absolute Gasteiger partial charge is 0.490 e. The predicted molar refractivity (Wildman–Crippen MR) is 567 cm³/mol. The summed E-state index contributed by atoms with van der Waals surface area (Å²) in [4.78, 5) is 9.89. The van der Waals surface area contributed by atoms with E-state index in [4.69, 9.17) is 72.6 Å². The van der Waals surface area contributed by atoms with Crippen LogP contribution < -0.4 is 62.2 Å². The zero-order valence-electron chi connectivity index (χ0n) is 84.3. The van der Waals surface area contributed by atoms with Gasteiger partial charge in [-0.15, -0.1) is 47.3 Å². The number of aromatic hydroxyl groups is 2. The molecule has 0 bridgehead atoms. The number of nitrogens with one attached hydrogen (secondary N) is 1. The lowest BCUT2D eigenvalue weighted by molar-refractivity contribution is -0.157. The standard InChI is InChI=1S/C15H22O2.C15H20O2.C13H18O2.C12H21BO2.C9H11BrO2.C9H12O2.C8H9BrO2.C8H9IO2.C5H13N.C3H3F3O4S.C2H6.CH4O.BBr3/c2*1-11-9-13(16-2)10-14(17-3)15(11)12-7-5-4-6-8-12;1-9-7-11(14)8-12(15)13(9)10-5-3-2-4-6-10;1-11(2)12(3,4)15-13(14-11)10-8-6-5-7-9-10;1-6-4-7(11-2)5-8(12-3)9(6)10;1-7-4-8(10-2)6-9(5-7)11-3;2*1-10-7-3-6(9)4-8(5-7)11-2;1-3-4-5-6-2;1-10-2(7)3(4,5)11(6,8)9;2*1-2;2-1(3)4/h9-10,12H,4-8H2,1-3H3;7,9-10H,4-6,8H2,1-3H3;7-8,10,14-15H,2-6H2,1H3;8H,5-7,9H2,1-4H3;4-5H,1-3H3;4-6H,1-3H3;2*3-5H,1-2H3;6H,3-5H2,1-2H3;1H3;1-2H3;2H,1H3;/i;;;;;;;;;;1D;;. The van der Waals surface area contributed by atoms with Crippen LogP contribution in [0.5, 0.6) is 80.5 Å². The molecule has 3 fully saturated rings. The molecule has 22 nitrogen and oxygen atoms in total. The maximum absolute atomic E-state index is 11.9. The van der Waals surface area contributed by atoms with Crippen molar-refractivity contribution in [2.75, 3.05) is 113 Å². The fourth-order valence-electron chi connectivity index (χ4n) is 14.2. The first-order valence-electron chi connectivity index (χ1n) is 44.9. The number of esters is 1. The molecule has 134 heavy (non-hydrogen) atoms. The second-order valence-electron chi connectivity index (χ2n) is 31.6. The molecule has 2 saturated carbocycles. The molecule has 5 aliphatic rings. The maximum Gasteiger partial charge on any atom is 0.490 e. The van der Waals surface area contributed by atoms with Crippen molar-refractivity contribution < 1.29 is 113 Å². The highest BCUT2D eigenvalue weighted by molar-refractivity contribution is 14.1. The third-order valence-electron chi connectivity index (χ3n) is 21.7. The van der Waals surface area contributed by atoms with Gasteiger partial charge < -0.3 is 91.5 Å². The third kappa shape index (κ3) is 46.5. The third-order valence-corrected chi connectivity index (χ3v) is 24.5. The van der Waals surface area contributed by atoms with Gasteiger partial charge in [0.1, 0.15) is 80.5 Å². The topological polar surface area (TPSA) is 262 Å². The van der Waals surface area contributed by atoms with Crippen LogP contribution in [0.15, 0.2) is 130 Å². The first kappa shape index (κ1) is 126. The number of aryl methyl sites for hydroxylation is 5. The Balaban J connectivity index is 0.00000147. The summed E-state index contributed by atoms with van der Waals surface area (Å²) in [5, 5.41) is 24.2. The van der Waals surface area contributed by atoms with Crippen molar-refractivity contribution >= 4 is 134 Å². The zero-order chi connectivity index (χ0) is 103. The second-order valence-corrected chi connectivity index (χ2v) is 42.4. The summed E-state index contributed by atoms with van der Waals surface area (Å²) < 4.78 is 141. The van der Waals surface area contributed by atoms with E-state index in [2.05, 4.69) is 185 Å². The minimum absolute atomic E-state index is 0.102. The lowest BCUT2D eigenvalue weighted by Gasteiger charge is -2.32. The van der Waals surface area contributed by atoms with Gasteiger partial charge in [0.15, 0.2) is 0 Å². The van der Waals surface area contributed by atoms with Crippen molar-refractivity contribution in [1.82, 2.24) is 5.32 Å². The number of ether oxygens (including phenoxy) is 13. The molecule has 34 heteroatoms. The van der Waals surface area contributed by atoms with E-state index in [9.17, 15) is 36.1 Å².